The van der Waals surface area contributed by atoms with E-state index in [1.165, 1.54) is 13.0 Å². The van der Waals surface area contributed by atoms with Crippen molar-refractivity contribution < 1.29 is 23.6 Å². The van der Waals surface area contributed by atoms with Gasteiger partial charge in [-0.1, -0.05) is 12.1 Å². The number of nitro groups is 1. The first-order chi connectivity index (χ1) is 12.2. The Morgan fingerprint density at radius 2 is 2.00 bits per heavy atom. The number of nitrogens with two attached hydrogens (primary N) is 1. The molecular formula is C17H16FN3O5. The summed E-state index contributed by atoms with van der Waals surface area (Å²) in [6.07, 6.45) is -1.20. The molecule has 2 rings (SSSR count). The maximum Gasteiger partial charge on any atom is 0.341 e. The van der Waals surface area contributed by atoms with E-state index in [9.17, 15) is 24.1 Å². The van der Waals surface area contributed by atoms with E-state index in [1.807, 2.05) is 0 Å². The summed E-state index contributed by atoms with van der Waals surface area (Å²) in [5.41, 5.74) is 6.11. The molecule has 3 N–H and O–H groups in total. The Morgan fingerprint density at radius 1 is 1.31 bits per heavy atom. The molecule has 2 aromatic rings. The highest BCUT2D eigenvalue weighted by atomic mass is 19.1. The van der Waals surface area contributed by atoms with Gasteiger partial charge in [0.1, 0.15) is 0 Å². The highest BCUT2D eigenvalue weighted by Gasteiger charge is 2.22. The molecule has 136 valence electrons. The first kappa shape index (κ1) is 18.8. The molecule has 26 heavy (non-hydrogen) atoms. The zero-order chi connectivity index (χ0) is 19.4. The Balaban J connectivity index is 2.08. The van der Waals surface area contributed by atoms with Crippen molar-refractivity contribution in [3.63, 3.8) is 0 Å². The number of carbonyl (C=O) groups is 2. The second kappa shape index (κ2) is 7.60. The van der Waals surface area contributed by atoms with Gasteiger partial charge in [-0.2, -0.15) is 4.39 Å². The van der Waals surface area contributed by atoms with Gasteiger partial charge in [0.15, 0.2) is 6.10 Å². The Morgan fingerprint density at radius 3 is 2.65 bits per heavy atom. The average Bonchev–Trinajstić information content (AvgIpc) is 2.58. The van der Waals surface area contributed by atoms with Crippen LogP contribution in [0.25, 0.3) is 0 Å². The van der Waals surface area contributed by atoms with Crippen LogP contribution in [0.4, 0.5) is 21.5 Å². The lowest BCUT2D eigenvalue weighted by molar-refractivity contribution is -0.387. The SMILES string of the molecule is Cc1cccc(C(=O)O[C@@H](C)C(=O)Nc2ccc(F)c([N+](=O)[O-])c2)c1N. The number of para-hydroxylation sites is 1. The van der Waals surface area contributed by atoms with E-state index in [0.717, 1.165) is 18.2 Å². The molecule has 0 spiro atoms. The lowest BCUT2D eigenvalue weighted by Crippen LogP contribution is -2.30. The Labute approximate surface area is 147 Å². The van der Waals surface area contributed by atoms with Gasteiger partial charge in [-0.3, -0.25) is 14.9 Å². The van der Waals surface area contributed by atoms with Crippen LogP contribution < -0.4 is 11.1 Å². The molecule has 0 aliphatic rings. The minimum absolute atomic E-state index is 0.000989. The van der Waals surface area contributed by atoms with Crippen LogP contribution in [0.1, 0.15) is 22.8 Å². The number of anilines is 2. The van der Waals surface area contributed by atoms with Crippen LogP contribution in [-0.2, 0) is 9.53 Å². The van der Waals surface area contributed by atoms with Crippen molar-refractivity contribution in [1.82, 2.24) is 0 Å². The summed E-state index contributed by atoms with van der Waals surface area (Å²) >= 11 is 0. The van der Waals surface area contributed by atoms with Crippen LogP contribution in [0.15, 0.2) is 36.4 Å². The normalized spacial score (nSPS) is 11.5. The maximum atomic E-state index is 13.3. The van der Waals surface area contributed by atoms with Gasteiger partial charge in [-0.25, -0.2) is 4.79 Å². The highest BCUT2D eigenvalue weighted by Crippen LogP contribution is 2.22. The average molecular weight is 361 g/mol. The molecule has 0 aromatic heterocycles. The van der Waals surface area contributed by atoms with Crippen molar-refractivity contribution in [2.75, 3.05) is 11.1 Å². The summed E-state index contributed by atoms with van der Waals surface area (Å²) in [4.78, 5) is 34.1. The van der Waals surface area contributed by atoms with Gasteiger partial charge < -0.3 is 15.8 Å². The predicted octanol–water partition coefficient (Wildman–Crippen LogP) is 2.81. The molecule has 1 atom stereocenters. The third-order valence-electron chi connectivity index (χ3n) is 3.61. The number of nitrogen functional groups attached to an aromatic ring is 1. The minimum atomic E-state index is -1.20. The number of amides is 1. The summed E-state index contributed by atoms with van der Waals surface area (Å²) in [6, 6.07) is 7.72. The number of aryl methyl sites for hydroxylation is 1. The van der Waals surface area contributed by atoms with E-state index in [-0.39, 0.29) is 16.9 Å². The van der Waals surface area contributed by atoms with Crippen LogP contribution >= 0.6 is 0 Å². The molecular weight excluding hydrogens is 345 g/mol. The fourth-order valence-corrected chi connectivity index (χ4v) is 2.11. The number of esters is 1. The predicted molar refractivity (Wildman–Crippen MR) is 92.2 cm³/mol. The molecule has 0 saturated carbocycles. The lowest BCUT2D eigenvalue weighted by Gasteiger charge is -2.15. The topological polar surface area (TPSA) is 125 Å². The highest BCUT2D eigenvalue weighted by molar-refractivity contribution is 5.99. The molecule has 0 radical (unpaired) electrons. The van der Waals surface area contributed by atoms with E-state index in [2.05, 4.69) is 5.32 Å². The molecule has 0 aliphatic carbocycles. The summed E-state index contributed by atoms with van der Waals surface area (Å²) < 4.78 is 18.4. The van der Waals surface area contributed by atoms with Crippen molar-refractivity contribution in [3.8, 4) is 0 Å². The molecule has 0 fully saturated rings. The van der Waals surface area contributed by atoms with Crippen LogP contribution in [-0.4, -0.2) is 22.9 Å². The zero-order valence-corrected chi connectivity index (χ0v) is 14.0. The molecule has 2 aromatic carbocycles. The summed E-state index contributed by atoms with van der Waals surface area (Å²) in [6.45, 7) is 3.06. The Kier molecular flexibility index (Phi) is 5.51. The van der Waals surface area contributed by atoms with E-state index < -0.39 is 34.4 Å². The summed E-state index contributed by atoms with van der Waals surface area (Å²) in [5.74, 6) is -2.54. The van der Waals surface area contributed by atoms with Crippen molar-refractivity contribution in [1.29, 1.82) is 0 Å². The number of halogens is 1. The molecule has 0 heterocycles. The molecule has 0 bridgehead atoms. The van der Waals surface area contributed by atoms with Crippen LogP contribution in [0.2, 0.25) is 0 Å². The number of nitrogens with zero attached hydrogens (tertiary/aromatic N) is 1. The van der Waals surface area contributed by atoms with Crippen molar-refractivity contribution >= 4 is 28.9 Å². The Bertz CT molecular complexity index is 885. The fourth-order valence-electron chi connectivity index (χ4n) is 2.11. The first-order valence-corrected chi connectivity index (χ1v) is 7.51. The maximum absolute atomic E-state index is 13.3. The Hall–Kier alpha value is -3.49. The monoisotopic (exact) mass is 361 g/mol. The number of hydrogen-bond acceptors (Lipinski definition) is 6. The molecule has 1 amide bonds. The number of ether oxygens (including phenoxy) is 1. The van der Waals surface area contributed by atoms with Gasteiger partial charge in [-0.15, -0.1) is 0 Å². The second-order valence-electron chi connectivity index (χ2n) is 5.50. The molecule has 9 heteroatoms. The van der Waals surface area contributed by atoms with Crippen LogP contribution in [0.3, 0.4) is 0 Å². The van der Waals surface area contributed by atoms with Crippen molar-refractivity contribution in [2.24, 2.45) is 0 Å². The van der Waals surface area contributed by atoms with Gasteiger partial charge in [0.05, 0.1) is 10.5 Å². The fraction of sp³-hybridized carbons (Fsp3) is 0.176. The molecule has 0 unspecified atom stereocenters. The van der Waals surface area contributed by atoms with Gasteiger partial charge in [-0.05, 0) is 37.6 Å². The van der Waals surface area contributed by atoms with E-state index in [1.54, 1.807) is 19.1 Å². The van der Waals surface area contributed by atoms with E-state index in [0.29, 0.717) is 5.56 Å². The summed E-state index contributed by atoms with van der Waals surface area (Å²) in [5, 5.41) is 13.1. The van der Waals surface area contributed by atoms with Crippen LogP contribution in [0, 0.1) is 22.9 Å². The quantitative estimate of drug-likeness (QED) is 0.365. The standard InChI is InChI=1S/C17H16FN3O5/c1-9-4-3-5-12(15(9)19)17(23)26-10(2)16(22)20-11-6-7-13(18)14(8-11)21(24)25/h3-8,10H,19H2,1-2H3,(H,20,22)/t10-/m0/s1. The molecule has 8 nitrogen and oxygen atoms in total. The number of nitrogens with one attached hydrogen (secondary N) is 1. The summed E-state index contributed by atoms with van der Waals surface area (Å²) in [7, 11) is 0. The zero-order valence-electron chi connectivity index (χ0n) is 14.0. The molecule has 0 saturated heterocycles. The van der Waals surface area contributed by atoms with Crippen LogP contribution in [0.5, 0.6) is 0 Å². The number of hydrogen-bond donors (Lipinski definition) is 2. The van der Waals surface area contributed by atoms with E-state index in [4.69, 9.17) is 10.5 Å². The minimum Gasteiger partial charge on any atom is -0.449 e. The number of nitro benzene ring substituents is 1. The number of benzene rings is 2. The smallest absolute Gasteiger partial charge is 0.341 e. The third-order valence-corrected chi connectivity index (χ3v) is 3.61. The van der Waals surface area contributed by atoms with E-state index >= 15 is 0 Å². The number of rotatable bonds is 5. The number of carbonyl (C=O) groups excluding carboxylic acids is 2. The van der Waals surface area contributed by atoms with Crippen molar-refractivity contribution in [3.05, 3.63) is 63.5 Å². The largest absolute Gasteiger partial charge is 0.449 e. The first-order valence-electron chi connectivity index (χ1n) is 7.51. The lowest BCUT2D eigenvalue weighted by atomic mass is 10.1. The van der Waals surface area contributed by atoms with Crippen molar-refractivity contribution in [2.45, 2.75) is 20.0 Å². The van der Waals surface area contributed by atoms with Gasteiger partial charge >= 0.3 is 11.7 Å². The third kappa shape index (κ3) is 4.12. The second-order valence-corrected chi connectivity index (χ2v) is 5.50. The van der Waals surface area contributed by atoms with Gasteiger partial charge in [0.25, 0.3) is 5.91 Å². The van der Waals surface area contributed by atoms with Gasteiger partial charge in [0.2, 0.25) is 5.82 Å². The molecule has 0 aliphatic heterocycles. The van der Waals surface area contributed by atoms with Gasteiger partial charge in [0, 0.05) is 17.4 Å².